The predicted molar refractivity (Wildman–Crippen MR) is 65.2 cm³/mol. The first-order valence-electron chi connectivity index (χ1n) is 6.16. The van der Waals surface area contributed by atoms with Crippen LogP contribution in [0.5, 0.6) is 5.75 Å². The van der Waals surface area contributed by atoms with Gasteiger partial charge in [-0.25, -0.2) is 0 Å². The van der Waals surface area contributed by atoms with E-state index in [1.54, 1.807) is 6.20 Å². The third-order valence-corrected chi connectivity index (χ3v) is 2.41. The first-order chi connectivity index (χ1) is 8.69. The molecule has 2 aromatic rings. The summed E-state index contributed by atoms with van der Waals surface area (Å²) in [6, 6.07) is 0. The van der Waals surface area contributed by atoms with Crippen molar-refractivity contribution < 1.29 is 9.26 Å². The van der Waals surface area contributed by atoms with Crippen LogP contribution in [0.15, 0.2) is 16.9 Å². The predicted octanol–water partition coefficient (Wildman–Crippen LogP) is 2.38. The minimum atomic E-state index is 0.235. The second-order valence-corrected chi connectivity index (χ2v) is 4.43. The van der Waals surface area contributed by atoms with Crippen LogP contribution in [0.4, 0.5) is 0 Å². The summed E-state index contributed by atoms with van der Waals surface area (Å²) in [6.07, 6.45) is 4.61. The molecule has 0 fully saturated rings. The monoisotopic (exact) mass is 250 g/mol. The number of nitrogens with zero attached hydrogens (tertiary/aromatic N) is 4. The second kappa shape index (κ2) is 5.66. The maximum atomic E-state index is 5.54. The molecule has 0 aliphatic rings. The van der Waals surface area contributed by atoms with Gasteiger partial charge in [0.05, 0.1) is 12.4 Å². The summed E-state index contributed by atoms with van der Waals surface area (Å²) in [5, 5.41) is 8.04. The molecule has 0 unspecified atom stereocenters. The zero-order chi connectivity index (χ0) is 13.0. The van der Waals surface area contributed by atoms with Crippen molar-refractivity contribution in [3.05, 3.63) is 24.1 Å². The van der Waals surface area contributed by atoms with E-state index in [4.69, 9.17) is 9.26 Å². The van der Waals surface area contributed by atoms with Gasteiger partial charge in [-0.1, -0.05) is 25.9 Å². The van der Waals surface area contributed by atoms with Crippen molar-refractivity contribution in [1.29, 1.82) is 0 Å². The number of aromatic nitrogens is 4. The van der Waals surface area contributed by atoms with Crippen LogP contribution in [-0.2, 0) is 13.2 Å². The first kappa shape index (κ1) is 12.6. The fraction of sp³-hybridized carbons (Fsp3) is 0.583. The van der Waals surface area contributed by atoms with Crippen molar-refractivity contribution >= 4 is 0 Å². The van der Waals surface area contributed by atoms with Crippen molar-refractivity contribution in [2.75, 3.05) is 0 Å². The van der Waals surface area contributed by atoms with Crippen LogP contribution < -0.4 is 4.74 Å². The summed E-state index contributed by atoms with van der Waals surface area (Å²) in [5.74, 6) is 2.15. The van der Waals surface area contributed by atoms with Crippen molar-refractivity contribution in [3.63, 3.8) is 0 Å². The Labute approximate surface area is 106 Å². The Morgan fingerprint density at radius 3 is 2.94 bits per heavy atom. The highest BCUT2D eigenvalue weighted by Crippen LogP contribution is 2.13. The Balaban J connectivity index is 1.89. The lowest BCUT2D eigenvalue weighted by Gasteiger charge is -1.98. The van der Waals surface area contributed by atoms with Crippen LogP contribution in [-0.4, -0.2) is 19.9 Å². The van der Waals surface area contributed by atoms with Crippen molar-refractivity contribution in [2.24, 2.45) is 0 Å². The third kappa shape index (κ3) is 3.09. The van der Waals surface area contributed by atoms with E-state index in [1.165, 1.54) is 0 Å². The molecule has 6 heteroatoms. The average molecular weight is 250 g/mol. The number of ether oxygens (including phenoxy) is 1. The van der Waals surface area contributed by atoms with Gasteiger partial charge in [0.1, 0.15) is 0 Å². The van der Waals surface area contributed by atoms with E-state index in [1.807, 2.05) is 24.7 Å². The zero-order valence-electron chi connectivity index (χ0n) is 11.0. The van der Waals surface area contributed by atoms with E-state index in [0.717, 1.165) is 18.7 Å². The second-order valence-electron chi connectivity index (χ2n) is 4.43. The number of aryl methyl sites for hydroxylation is 1. The summed E-state index contributed by atoms with van der Waals surface area (Å²) in [5.41, 5.74) is 0. The van der Waals surface area contributed by atoms with Gasteiger partial charge in [0.15, 0.2) is 12.4 Å². The molecule has 0 N–H and O–H groups in total. The molecular weight excluding hydrogens is 232 g/mol. The average Bonchev–Trinajstić information content (AvgIpc) is 2.95. The van der Waals surface area contributed by atoms with Crippen LogP contribution in [0, 0.1) is 0 Å². The van der Waals surface area contributed by atoms with Gasteiger partial charge in [0, 0.05) is 12.5 Å². The summed E-state index contributed by atoms with van der Waals surface area (Å²) < 4.78 is 12.5. The normalized spacial score (nSPS) is 11.1. The molecule has 6 nitrogen and oxygen atoms in total. The quantitative estimate of drug-likeness (QED) is 0.787. The van der Waals surface area contributed by atoms with Crippen LogP contribution in [0.3, 0.4) is 0 Å². The van der Waals surface area contributed by atoms with Crippen LogP contribution in [0.2, 0.25) is 0 Å². The number of rotatable bonds is 6. The van der Waals surface area contributed by atoms with E-state index in [2.05, 4.69) is 22.2 Å². The lowest BCUT2D eigenvalue weighted by molar-refractivity contribution is 0.284. The Morgan fingerprint density at radius 1 is 1.44 bits per heavy atom. The topological polar surface area (TPSA) is 66.0 Å². The van der Waals surface area contributed by atoms with Gasteiger partial charge < -0.3 is 9.26 Å². The SMILES string of the molecule is CCCn1cc(OCc2noc(C(C)C)n2)cn1. The fourth-order valence-electron chi connectivity index (χ4n) is 1.48. The van der Waals surface area contributed by atoms with E-state index < -0.39 is 0 Å². The Morgan fingerprint density at radius 2 is 2.28 bits per heavy atom. The minimum absolute atomic E-state index is 0.235. The summed E-state index contributed by atoms with van der Waals surface area (Å²) >= 11 is 0. The molecule has 0 aromatic carbocycles. The van der Waals surface area contributed by atoms with Crippen molar-refractivity contribution in [1.82, 2.24) is 19.9 Å². The molecule has 0 bridgehead atoms. The van der Waals surface area contributed by atoms with Gasteiger partial charge in [0.2, 0.25) is 11.7 Å². The molecule has 2 rings (SSSR count). The van der Waals surface area contributed by atoms with E-state index in [-0.39, 0.29) is 5.92 Å². The van der Waals surface area contributed by atoms with Crippen molar-refractivity contribution in [3.8, 4) is 5.75 Å². The molecule has 0 aliphatic carbocycles. The highest BCUT2D eigenvalue weighted by Gasteiger charge is 2.10. The van der Waals surface area contributed by atoms with Crippen molar-refractivity contribution in [2.45, 2.75) is 46.3 Å². The molecular formula is C12H18N4O2. The van der Waals surface area contributed by atoms with Gasteiger partial charge in [0.25, 0.3) is 0 Å². The molecule has 0 aliphatic heterocycles. The Bertz CT molecular complexity index is 490. The Kier molecular flexibility index (Phi) is 3.96. The molecule has 98 valence electrons. The highest BCUT2D eigenvalue weighted by molar-refractivity contribution is 5.11. The standard InChI is InChI=1S/C12H18N4O2/c1-4-5-16-7-10(6-13-16)17-8-11-14-12(9(2)3)18-15-11/h6-7,9H,4-5,8H2,1-3H3. The number of hydrogen-bond donors (Lipinski definition) is 0. The Hall–Kier alpha value is -1.85. The molecule has 0 spiro atoms. The summed E-state index contributed by atoms with van der Waals surface area (Å²) in [6.45, 7) is 7.31. The highest BCUT2D eigenvalue weighted by atomic mass is 16.5. The van der Waals surface area contributed by atoms with E-state index in [0.29, 0.717) is 18.3 Å². The number of hydrogen-bond acceptors (Lipinski definition) is 5. The molecule has 0 saturated heterocycles. The zero-order valence-corrected chi connectivity index (χ0v) is 11.0. The van der Waals surface area contributed by atoms with Gasteiger partial charge in [-0.15, -0.1) is 0 Å². The summed E-state index contributed by atoms with van der Waals surface area (Å²) in [4.78, 5) is 4.24. The molecule has 18 heavy (non-hydrogen) atoms. The maximum Gasteiger partial charge on any atom is 0.229 e. The van der Waals surface area contributed by atoms with Gasteiger partial charge in [-0.2, -0.15) is 10.1 Å². The summed E-state index contributed by atoms with van der Waals surface area (Å²) in [7, 11) is 0. The van der Waals surface area contributed by atoms with Crippen LogP contribution in [0.25, 0.3) is 0 Å². The first-order valence-corrected chi connectivity index (χ1v) is 6.16. The maximum absolute atomic E-state index is 5.54. The van der Waals surface area contributed by atoms with Gasteiger partial charge in [-0.05, 0) is 6.42 Å². The van der Waals surface area contributed by atoms with E-state index >= 15 is 0 Å². The third-order valence-electron chi connectivity index (χ3n) is 2.41. The van der Waals surface area contributed by atoms with Gasteiger partial charge in [-0.3, -0.25) is 4.68 Å². The van der Waals surface area contributed by atoms with Crippen LogP contribution in [0.1, 0.15) is 44.8 Å². The molecule has 2 heterocycles. The fourth-order valence-corrected chi connectivity index (χ4v) is 1.48. The molecule has 0 atom stereocenters. The smallest absolute Gasteiger partial charge is 0.229 e. The molecule has 2 aromatic heterocycles. The molecule has 0 saturated carbocycles. The lowest BCUT2D eigenvalue weighted by Crippen LogP contribution is -1.98. The largest absolute Gasteiger partial charge is 0.482 e. The van der Waals surface area contributed by atoms with Crippen LogP contribution >= 0.6 is 0 Å². The minimum Gasteiger partial charge on any atom is -0.482 e. The van der Waals surface area contributed by atoms with E-state index in [9.17, 15) is 0 Å². The molecule has 0 radical (unpaired) electrons. The lowest BCUT2D eigenvalue weighted by atomic mass is 10.2. The van der Waals surface area contributed by atoms with Gasteiger partial charge >= 0.3 is 0 Å². The molecule has 0 amide bonds.